The van der Waals surface area contributed by atoms with Gasteiger partial charge >= 0.3 is 0 Å². The maximum absolute atomic E-state index is 13.1. The summed E-state index contributed by atoms with van der Waals surface area (Å²) in [4.78, 5) is 14.3. The molecule has 0 spiro atoms. The van der Waals surface area contributed by atoms with Crippen molar-refractivity contribution in [2.45, 2.75) is 25.3 Å². The summed E-state index contributed by atoms with van der Waals surface area (Å²) in [6.45, 7) is 1.27. The molecule has 128 valence electrons. The molecular formula is C17H20FN3O3. The van der Waals surface area contributed by atoms with E-state index < -0.39 is 11.7 Å². The summed E-state index contributed by atoms with van der Waals surface area (Å²) in [5.41, 5.74) is 0.348. The predicted octanol–water partition coefficient (Wildman–Crippen LogP) is 2.93. The van der Waals surface area contributed by atoms with E-state index in [0.29, 0.717) is 18.3 Å². The largest absolute Gasteiger partial charge is 0.474 e. The van der Waals surface area contributed by atoms with Crippen molar-refractivity contribution >= 4 is 11.6 Å². The second-order valence-corrected chi connectivity index (χ2v) is 5.91. The number of aromatic nitrogens is 1. The fourth-order valence-corrected chi connectivity index (χ4v) is 2.50. The highest BCUT2D eigenvalue weighted by atomic mass is 19.1. The number of carbonyl (C=O) groups excluding carboxylic acids is 1. The number of hydrogen-bond donors (Lipinski definition) is 1. The number of hydrogen-bond acceptors (Lipinski definition) is 5. The van der Waals surface area contributed by atoms with E-state index in [4.69, 9.17) is 9.26 Å². The maximum atomic E-state index is 13.1. The van der Waals surface area contributed by atoms with Crippen LogP contribution < -0.4 is 10.1 Å². The molecule has 24 heavy (non-hydrogen) atoms. The third-order valence-electron chi connectivity index (χ3n) is 4.19. The molecule has 0 atom stereocenters. The average Bonchev–Trinajstić information content (AvgIpc) is 2.94. The van der Waals surface area contributed by atoms with Crippen LogP contribution in [0.4, 0.5) is 10.1 Å². The molecule has 1 aliphatic carbocycles. The Labute approximate surface area is 139 Å². The zero-order valence-corrected chi connectivity index (χ0v) is 13.5. The van der Waals surface area contributed by atoms with Crippen LogP contribution in [0, 0.1) is 5.82 Å². The number of carbonyl (C=O) groups is 1. The van der Waals surface area contributed by atoms with E-state index in [0.717, 1.165) is 6.54 Å². The van der Waals surface area contributed by atoms with Gasteiger partial charge in [0.05, 0.1) is 6.07 Å². The van der Waals surface area contributed by atoms with Crippen molar-refractivity contribution in [3.63, 3.8) is 0 Å². The highest BCUT2D eigenvalue weighted by molar-refractivity contribution is 6.02. The lowest BCUT2D eigenvalue weighted by atomic mass is 9.92. The number of anilines is 1. The lowest BCUT2D eigenvalue weighted by Crippen LogP contribution is -2.39. The third-order valence-corrected chi connectivity index (χ3v) is 4.19. The molecule has 0 bridgehead atoms. The van der Waals surface area contributed by atoms with Crippen LogP contribution in [0.25, 0.3) is 0 Å². The van der Waals surface area contributed by atoms with E-state index in [2.05, 4.69) is 22.4 Å². The van der Waals surface area contributed by atoms with Crippen LogP contribution >= 0.6 is 0 Å². The Morgan fingerprint density at radius 1 is 1.46 bits per heavy atom. The molecule has 1 fully saturated rings. The quantitative estimate of drug-likeness (QED) is 0.844. The van der Waals surface area contributed by atoms with Crippen LogP contribution in [-0.4, -0.2) is 42.2 Å². The molecule has 3 rings (SSSR count). The van der Waals surface area contributed by atoms with Gasteiger partial charge in [0.25, 0.3) is 11.8 Å². The molecule has 1 aliphatic rings. The predicted molar refractivity (Wildman–Crippen MR) is 86.6 cm³/mol. The van der Waals surface area contributed by atoms with Gasteiger partial charge in [0.1, 0.15) is 12.4 Å². The molecule has 2 aromatic rings. The summed E-state index contributed by atoms with van der Waals surface area (Å²) >= 11 is 0. The first kappa shape index (κ1) is 16.4. The number of halogens is 1. The van der Waals surface area contributed by atoms with Crippen LogP contribution in [0.3, 0.4) is 0 Å². The number of ether oxygens (including phenoxy) is 1. The van der Waals surface area contributed by atoms with E-state index in [1.54, 1.807) is 6.07 Å². The highest BCUT2D eigenvalue weighted by Crippen LogP contribution is 2.23. The van der Waals surface area contributed by atoms with E-state index in [1.807, 2.05) is 0 Å². The van der Waals surface area contributed by atoms with Gasteiger partial charge < -0.3 is 19.5 Å². The summed E-state index contributed by atoms with van der Waals surface area (Å²) < 4.78 is 23.6. The second-order valence-electron chi connectivity index (χ2n) is 5.91. The average molecular weight is 333 g/mol. The van der Waals surface area contributed by atoms with Crippen molar-refractivity contribution in [1.29, 1.82) is 0 Å². The molecule has 0 radical (unpaired) electrons. The zero-order chi connectivity index (χ0) is 16.9. The van der Waals surface area contributed by atoms with Gasteiger partial charge in [0.2, 0.25) is 5.76 Å². The van der Waals surface area contributed by atoms with Crippen molar-refractivity contribution in [1.82, 2.24) is 10.1 Å². The Hall–Kier alpha value is -2.41. The smallest absolute Gasteiger partial charge is 0.294 e. The molecule has 0 unspecified atom stereocenters. The minimum absolute atomic E-state index is 0.0154. The third kappa shape index (κ3) is 4.11. The standard InChI is InChI=1S/C17H20FN3O3/c1-21(14-6-3-7-14)8-9-23-16-11-15(24-20-16)17(22)19-13-5-2-4-12(18)10-13/h2,4-5,10-11,14H,3,6-9H2,1H3,(H,19,22). The number of likely N-dealkylation sites (N-methyl/N-ethyl adjacent to an activating group) is 1. The first-order chi connectivity index (χ1) is 11.6. The van der Waals surface area contributed by atoms with Crippen LogP contribution in [0.2, 0.25) is 0 Å². The zero-order valence-electron chi connectivity index (χ0n) is 13.5. The van der Waals surface area contributed by atoms with Crippen LogP contribution in [0.1, 0.15) is 29.8 Å². The molecule has 1 saturated carbocycles. The van der Waals surface area contributed by atoms with Crippen LogP contribution in [0.15, 0.2) is 34.9 Å². The van der Waals surface area contributed by atoms with Crippen LogP contribution in [-0.2, 0) is 0 Å². The van der Waals surface area contributed by atoms with Gasteiger partial charge in [-0.2, -0.15) is 0 Å². The molecular weight excluding hydrogens is 313 g/mol. The van der Waals surface area contributed by atoms with E-state index in [9.17, 15) is 9.18 Å². The minimum Gasteiger partial charge on any atom is -0.474 e. The lowest BCUT2D eigenvalue weighted by molar-refractivity contribution is 0.0987. The van der Waals surface area contributed by atoms with Gasteiger partial charge in [-0.3, -0.25) is 4.79 Å². The SMILES string of the molecule is CN(CCOc1cc(C(=O)Nc2cccc(F)c2)on1)C1CCC1. The molecule has 6 nitrogen and oxygen atoms in total. The Kier molecular flexibility index (Phi) is 5.10. The van der Waals surface area contributed by atoms with Crippen molar-refractivity contribution in [3.05, 3.63) is 41.9 Å². The molecule has 0 saturated heterocycles. The summed E-state index contributed by atoms with van der Waals surface area (Å²) in [7, 11) is 2.08. The van der Waals surface area contributed by atoms with Gasteiger partial charge in [0, 0.05) is 18.3 Å². The van der Waals surface area contributed by atoms with Gasteiger partial charge in [-0.05, 0) is 43.2 Å². The van der Waals surface area contributed by atoms with E-state index in [-0.39, 0.29) is 11.6 Å². The monoisotopic (exact) mass is 333 g/mol. The van der Waals surface area contributed by atoms with Crippen molar-refractivity contribution in [3.8, 4) is 5.88 Å². The number of rotatable bonds is 7. The van der Waals surface area contributed by atoms with Gasteiger partial charge in [-0.15, -0.1) is 0 Å². The normalized spacial score (nSPS) is 14.5. The molecule has 1 aromatic heterocycles. The van der Waals surface area contributed by atoms with E-state index in [1.165, 1.54) is 43.5 Å². The fraction of sp³-hybridized carbons (Fsp3) is 0.412. The summed E-state index contributed by atoms with van der Waals surface area (Å²) in [5, 5.41) is 6.26. The summed E-state index contributed by atoms with van der Waals surface area (Å²) in [6, 6.07) is 7.71. The van der Waals surface area contributed by atoms with Crippen molar-refractivity contribution in [2.24, 2.45) is 0 Å². The van der Waals surface area contributed by atoms with Gasteiger partial charge in [0.15, 0.2) is 0 Å². The Morgan fingerprint density at radius 3 is 3.00 bits per heavy atom. The Balaban J connectivity index is 1.48. The molecule has 1 aromatic carbocycles. The van der Waals surface area contributed by atoms with E-state index >= 15 is 0 Å². The Bertz CT molecular complexity index is 700. The molecule has 0 aliphatic heterocycles. The second kappa shape index (κ2) is 7.44. The molecule has 1 heterocycles. The van der Waals surface area contributed by atoms with Gasteiger partial charge in [-0.25, -0.2) is 4.39 Å². The first-order valence-electron chi connectivity index (χ1n) is 7.98. The topological polar surface area (TPSA) is 67.6 Å². The lowest BCUT2D eigenvalue weighted by Gasteiger charge is -2.34. The maximum Gasteiger partial charge on any atom is 0.294 e. The fourth-order valence-electron chi connectivity index (χ4n) is 2.50. The number of amides is 1. The molecule has 7 heteroatoms. The molecule has 1 N–H and O–H groups in total. The summed E-state index contributed by atoms with van der Waals surface area (Å²) in [6.07, 6.45) is 3.78. The number of benzene rings is 1. The molecule has 1 amide bonds. The highest BCUT2D eigenvalue weighted by Gasteiger charge is 2.21. The van der Waals surface area contributed by atoms with Crippen molar-refractivity contribution in [2.75, 3.05) is 25.5 Å². The van der Waals surface area contributed by atoms with Crippen LogP contribution in [0.5, 0.6) is 5.88 Å². The Morgan fingerprint density at radius 2 is 2.29 bits per heavy atom. The van der Waals surface area contributed by atoms with Crippen molar-refractivity contribution < 1.29 is 18.4 Å². The van der Waals surface area contributed by atoms with Gasteiger partial charge in [-0.1, -0.05) is 12.5 Å². The number of nitrogens with one attached hydrogen (secondary N) is 1. The number of nitrogens with zero attached hydrogens (tertiary/aromatic N) is 2. The first-order valence-corrected chi connectivity index (χ1v) is 7.98. The summed E-state index contributed by atoms with van der Waals surface area (Å²) in [5.74, 6) is -0.650. The minimum atomic E-state index is -0.505.